The molecule has 0 aliphatic heterocycles. The lowest BCUT2D eigenvalue weighted by Gasteiger charge is -2.22. The molecule has 0 aromatic heterocycles. The van der Waals surface area contributed by atoms with Crippen LogP contribution in [0.1, 0.15) is 27.2 Å². The minimum absolute atomic E-state index is 0.669. The molecule has 0 aromatic carbocycles. The van der Waals surface area contributed by atoms with Gasteiger partial charge in [-0.25, -0.2) is 0 Å². The fraction of sp³-hybridized carbons (Fsp3) is 1.00. The highest BCUT2D eigenvalue weighted by Gasteiger charge is 2.03. The third-order valence-corrected chi connectivity index (χ3v) is 2.84. The van der Waals surface area contributed by atoms with Crippen LogP contribution in [-0.4, -0.2) is 76.2 Å². The highest BCUT2D eigenvalue weighted by atomic mass is 16.5. The van der Waals surface area contributed by atoms with Gasteiger partial charge in [0.05, 0.1) is 19.9 Å². The first-order chi connectivity index (χ1) is 9.24. The number of nitrogens with zero attached hydrogens (tertiary/aromatic N) is 2. The molecule has 0 fully saturated rings. The molecule has 0 radical (unpaired) electrons. The van der Waals surface area contributed by atoms with Crippen molar-refractivity contribution in [2.75, 3.05) is 66.4 Å². The van der Waals surface area contributed by atoms with Crippen molar-refractivity contribution in [2.45, 2.75) is 27.2 Å². The molecular weight excluding hydrogens is 242 g/mol. The predicted octanol–water partition coefficient (Wildman–Crippen LogP) is 1.21. The highest BCUT2D eigenvalue weighted by molar-refractivity contribution is 4.52. The van der Waals surface area contributed by atoms with Gasteiger partial charge in [0, 0.05) is 19.7 Å². The summed E-state index contributed by atoms with van der Waals surface area (Å²) in [6, 6.07) is 0. The van der Waals surface area contributed by atoms with Crippen LogP contribution in [0, 0.1) is 0 Å². The Bertz CT molecular complexity index is 174. The molecule has 19 heavy (non-hydrogen) atoms. The molecule has 0 unspecified atom stereocenters. The van der Waals surface area contributed by atoms with Gasteiger partial charge in [-0.15, -0.1) is 0 Å². The van der Waals surface area contributed by atoms with Gasteiger partial charge in [0.15, 0.2) is 0 Å². The molecule has 1 N–H and O–H groups in total. The van der Waals surface area contributed by atoms with Crippen LogP contribution in [-0.2, 0) is 9.47 Å². The summed E-state index contributed by atoms with van der Waals surface area (Å²) in [6.45, 7) is 14.2. The molecule has 0 aromatic rings. The van der Waals surface area contributed by atoms with Crippen molar-refractivity contribution in [3.8, 4) is 0 Å². The van der Waals surface area contributed by atoms with E-state index in [1.807, 2.05) is 6.92 Å². The largest absolute Gasteiger partial charge is 0.379 e. The molecule has 0 amide bonds. The first-order valence-electron chi connectivity index (χ1n) is 7.51. The molecule has 116 valence electrons. The van der Waals surface area contributed by atoms with E-state index in [0.29, 0.717) is 6.73 Å². The monoisotopic (exact) mass is 275 g/mol. The first kappa shape index (κ1) is 18.8. The lowest BCUT2D eigenvalue weighted by molar-refractivity contribution is 0.00958. The van der Waals surface area contributed by atoms with E-state index in [4.69, 9.17) is 9.47 Å². The summed E-state index contributed by atoms with van der Waals surface area (Å²) in [5.74, 6) is 0. The number of hydrogen-bond acceptors (Lipinski definition) is 5. The summed E-state index contributed by atoms with van der Waals surface area (Å²) >= 11 is 0. The van der Waals surface area contributed by atoms with Crippen LogP contribution in [0.3, 0.4) is 0 Å². The second kappa shape index (κ2) is 14.2. The van der Waals surface area contributed by atoms with Crippen LogP contribution < -0.4 is 5.32 Å². The summed E-state index contributed by atoms with van der Waals surface area (Å²) < 4.78 is 11.1. The molecular formula is C14H33N3O2. The Balaban J connectivity index is 3.55. The number of likely N-dealkylation sites (N-methyl/N-ethyl adjacent to an activating group) is 1. The summed E-state index contributed by atoms with van der Waals surface area (Å²) in [5.41, 5.74) is 0. The maximum atomic E-state index is 5.67. The summed E-state index contributed by atoms with van der Waals surface area (Å²) in [6.07, 6.45) is 1.20. The van der Waals surface area contributed by atoms with Crippen molar-refractivity contribution in [2.24, 2.45) is 0 Å². The van der Waals surface area contributed by atoms with Gasteiger partial charge in [-0.05, 0) is 33.5 Å². The molecule has 5 nitrogen and oxygen atoms in total. The van der Waals surface area contributed by atoms with Gasteiger partial charge in [0.1, 0.15) is 6.73 Å². The third kappa shape index (κ3) is 12.6. The molecule has 0 bridgehead atoms. The van der Waals surface area contributed by atoms with Crippen LogP contribution in [0.15, 0.2) is 0 Å². The van der Waals surface area contributed by atoms with Gasteiger partial charge in [-0.2, -0.15) is 0 Å². The van der Waals surface area contributed by atoms with E-state index in [1.165, 1.54) is 6.42 Å². The van der Waals surface area contributed by atoms with E-state index in [2.05, 4.69) is 36.0 Å². The number of hydrogen-bond donors (Lipinski definition) is 1. The quantitative estimate of drug-likeness (QED) is 0.381. The first-order valence-corrected chi connectivity index (χ1v) is 7.51. The molecule has 0 aliphatic rings. The maximum absolute atomic E-state index is 5.67. The second-order valence-electron chi connectivity index (χ2n) is 4.69. The molecule has 0 saturated carbocycles. The smallest absolute Gasteiger partial charge is 0.100 e. The van der Waals surface area contributed by atoms with Crippen molar-refractivity contribution in [1.82, 2.24) is 15.1 Å². The molecule has 5 heteroatoms. The SMILES string of the molecule is CCCN(C)CCOCCN(CNCC)COCC. The average Bonchev–Trinajstić information content (AvgIpc) is 2.41. The van der Waals surface area contributed by atoms with Gasteiger partial charge < -0.3 is 19.7 Å². The van der Waals surface area contributed by atoms with Crippen LogP contribution in [0.25, 0.3) is 0 Å². The standard InChI is InChI=1S/C14H33N3O2/c1-5-8-16(4)9-11-19-12-10-17(13-15-6-2)14-18-7-3/h15H,5-14H2,1-4H3. The minimum atomic E-state index is 0.669. The Morgan fingerprint density at radius 1 is 0.947 bits per heavy atom. The molecule has 0 heterocycles. The van der Waals surface area contributed by atoms with Gasteiger partial charge in [0.25, 0.3) is 0 Å². The Morgan fingerprint density at radius 2 is 1.68 bits per heavy atom. The van der Waals surface area contributed by atoms with Gasteiger partial charge in [-0.1, -0.05) is 13.8 Å². The zero-order valence-electron chi connectivity index (χ0n) is 13.3. The third-order valence-electron chi connectivity index (χ3n) is 2.84. The van der Waals surface area contributed by atoms with Crippen LogP contribution in [0.2, 0.25) is 0 Å². The van der Waals surface area contributed by atoms with Crippen molar-refractivity contribution in [3.63, 3.8) is 0 Å². The van der Waals surface area contributed by atoms with Crippen LogP contribution >= 0.6 is 0 Å². The van der Waals surface area contributed by atoms with Crippen molar-refractivity contribution >= 4 is 0 Å². The average molecular weight is 275 g/mol. The fourth-order valence-corrected chi connectivity index (χ4v) is 1.69. The Kier molecular flexibility index (Phi) is 14.1. The van der Waals surface area contributed by atoms with Crippen LogP contribution in [0.5, 0.6) is 0 Å². The Labute approximate surface area is 119 Å². The second-order valence-corrected chi connectivity index (χ2v) is 4.69. The molecule has 0 spiro atoms. The molecule has 0 rings (SSSR count). The lowest BCUT2D eigenvalue weighted by Crippen LogP contribution is -2.38. The molecule has 0 saturated heterocycles. The highest BCUT2D eigenvalue weighted by Crippen LogP contribution is 1.90. The predicted molar refractivity (Wildman–Crippen MR) is 80.3 cm³/mol. The van der Waals surface area contributed by atoms with Gasteiger partial charge >= 0.3 is 0 Å². The van der Waals surface area contributed by atoms with E-state index in [9.17, 15) is 0 Å². The number of nitrogens with one attached hydrogen (secondary N) is 1. The maximum Gasteiger partial charge on any atom is 0.100 e. The molecule has 0 aliphatic carbocycles. The Hall–Kier alpha value is -0.200. The Morgan fingerprint density at radius 3 is 2.32 bits per heavy atom. The van der Waals surface area contributed by atoms with E-state index in [-0.39, 0.29) is 0 Å². The van der Waals surface area contributed by atoms with Crippen molar-refractivity contribution < 1.29 is 9.47 Å². The molecule has 0 atom stereocenters. The minimum Gasteiger partial charge on any atom is -0.379 e. The number of ether oxygens (including phenoxy) is 2. The number of rotatable bonds is 14. The van der Waals surface area contributed by atoms with E-state index >= 15 is 0 Å². The fourth-order valence-electron chi connectivity index (χ4n) is 1.69. The summed E-state index contributed by atoms with van der Waals surface area (Å²) in [4.78, 5) is 4.53. The lowest BCUT2D eigenvalue weighted by atomic mass is 10.4. The zero-order valence-corrected chi connectivity index (χ0v) is 13.3. The van der Waals surface area contributed by atoms with Crippen LogP contribution in [0.4, 0.5) is 0 Å². The summed E-state index contributed by atoms with van der Waals surface area (Å²) in [7, 11) is 2.14. The van der Waals surface area contributed by atoms with E-state index in [1.54, 1.807) is 0 Å². The van der Waals surface area contributed by atoms with E-state index < -0.39 is 0 Å². The van der Waals surface area contributed by atoms with E-state index in [0.717, 1.165) is 52.7 Å². The normalized spacial score (nSPS) is 11.7. The summed E-state index contributed by atoms with van der Waals surface area (Å²) in [5, 5.41) is 3.32. The van der Waals surface area contributed by atoms with Gasteiger partial charge in [-0.3, -0.25) is 4.90 Å². The zero-order chi connectivity index (χ0) is 14.3. The van der Waals surface area contributed by atoms with Crippen molar-refractivity contribution in [1.29, 1.82) is 0 Å². The van der Waals surface area contributed by atoms with Gasteiger partial charge in [0.2, 0.25) is 0 Å². The van der Waals surface area contributed by atoms with Crippen molar-refractivity contribution in [3.05, 3.63) is 0 Å². The topological polar surface area (TPSA) is 37.0 Å².